The molecule has 86 valence electrons. The monoisotopic (exact) mass is 294 g/mol. The minimum Gasteiger partial charge on any atom is -0.300 e. The molecular formula is C11H9Cl3OS. The van der Waals surface area contributed by atoms with E-state index in [0.717, 1.165) is 11.3 Å². The van der Waals surface area contributed by atoms with Crippen molar-refractivity contribution in [3.05, 3.63) is 27.2 Å². The Hall–Kier alpha value is 0.110. The summed E-state index contributed by atoms with van der Waals surface area (Å²) < 4.78 is 0. The van der Waals surface area contributed by atoms with Crippen LogP contribution >= 0.6 is 46.6 Å². The first-order valence-electron chi connectivity index (χ1n) is 4.89. The van der Waals surface area contributed by atoms with Crippen molar-refractivity contribution in [3.63, 3.8) is 0 Å². The summed E-state index contributed by atoms with van der Waals surface area (Å²) >= 11 is 19.5. The molecule has 1 unspecified atom stereocenters. The van der Waals surface area contributed by atoms with Crippen molar-refractivity contribution >= 4 is 52.3 Å². The fourth-order valence-corrected chi connectivity index (χ4v) is 3.62. The van der Waals surface area contributed by atoms with E-state index < -0.39 is 0 Å². The van der Waals surface area contributed by atoms with Crippen LogP contribution in [0.1, 0.15) is 19.3 Å². The van der Waals surface area contributed by atoms with Crippen molar-refractivity contribution < 1.29 is 4.79 Å². The molecule has 1 nitrogen and oxygen atoms in total. The van der Waals surface area contributed by atoms with Gasteiger partial charge in [0.1, 0.15) is 5.78 Å². The van der Waals surface area contributed by atoms with Crippen LogP contribution in [-0.2, 0) is 4.79 Å². The Morgan fingerprint density at radius 1 is 1.12 bits per heavy atom. The molecule has 16 heavy (non-hydrogen) atoms. The third-order valence-corrected chi connectivity index (χ3v) is 4.94. The molecule has 0 spiro atoms. The van der Waals surface area contributed by atoms with Crippen molar-refractivity contribution in [2.45, 2.75) is 29.4 Å². The third-order valence-electron chi connectivity index (χ3n) is 2.47. The maximum atomic E-state index is 11.2. The molecule has 2 rings (SSSR count). The lowest BCUT2D eigenvalue weighted by Crippen LogP contribution is -1.96. The number of hydrogen-bond donors (Lipinski definition) is 0. The summed E-state index contributed by atoms with van der Waals surface area (Å²) in [6, 6.07) is 3.41. The van der Waals surface area contributed by atoms with Gasteiger partial charge in [0, 0.05) is 23.0 Å². The van der Waals surface area contributed by atoms with Crippen molar-refractivity contribution in [1.29, 1.82) is 0 Å². The first kappa shape index (κ1) is 12.6. The van der Waals surface area contributed by atoms with Crippen LogP contribution in [0.3, 0.4) is 0 Å². The number of rotatable bonds is 2. The fraction of sp³-hybridized carbons (Fsp3) is 0.364. The summed E-state index contributed by atoms with van der Waals surface area (Å²) in [6.07, 6.45) is 2.22. The number of ketones is 1. The predicted octanol–water partition coefficient (Wildman–Crippen LogP) is 4.86. The lowest BCUT2D eigenvalue weighted by atomic mass is 10.3. The van der Waals surface area contributed by atoms with E-state index in [4.69, 9.17) is 34.8 Å². The van der Waals surface area contributed by atoms with E-state index in [2.05, 4.69) is 0 Å². The number of carbonyl (C=O) groups excluding carboxylic acids is 1. The average Bonchev–Trinajstić information content (AvgIpc) is 2.60. The molecule has 0 heterocycles. The summed E-state index contributed by atoms with van der Waals surface area (Å²) in [5, 5.41) is 1.87. The Morgan fingerprint density at radius 3 is 2.44 bits per heavy atom. The second-order valence-corrected chi connectivity index (χ2v) is 6.28. The van der Waals surface area contributed by atoms with Crippen LogP contribution in [0, 0.1) is 0 Å². The molecule has 0 amide bonds. The van der Waals surface area contributed by atoms with Gasteiger partial charge < -0.3 is 0 Å². The molecular weight excluding hydrogens is 287 g/mol. The van der Waals surface area contributed by atoms with Crippen LogP contribution in [0.2, 0.25) is 15.1 Å². The van der Waals surface area contributed by atoms with E-state index in [-0.39, 0.29) is 0 Å². The fourth-order valence-electron chi connectivity index (χ4n) is 1.65. The maximum absolute atomic E-state index is 11.2. The lowest BCUT2D eigenvalue weighted by Gasteiger charge is -2.10. The van der Waals surface area contributed by atoms with Gasteiger partial charge in [0.05, 0.1) is 15.1 Å². The van der Waals surface area contributed by atoms with Crippen LogP contribution in [0.5, 0.6) is 0 Å². The Balaban J connectivity index is 2.15. The normalized spacial score (nSPS) is 20.4. The molecule has 1 aliphatic carbocycles. The van der Waals surface area contributed by atoms with Gasteiger partial charge in [0.15, 0.2) is 0 Å². The first-order chi connectivity index (χ1) is 7.56. The number of benzene rings is 1. The highest BCUT2D eigenvalue weighted by Crippen LogP contribution is 2.40. The Bertz CT molecular complexity index is 433. The van der Waals surface area contributed by atoms with Crippen LogP contribution in [0.4, 0.5) is 0 Å². The first-order valence-corrected chi connectivity index (χ1v) is 6.90. The topological polar surface area (TPSA) is 17.1 Å². The van der Waals surface area contributed by atoms with Crippen LogP contribution in [-0.4, -0.2) is 11.0 Å². The lowest BCUT2D eigenvalue weighted by molar-refractivity contribution is -0.117. The third kappa shape index (κ3) is 2.86. The SMILES string of the molecule is O=C1CCC(Sc2cc(Cl)c(Cl)cc2Cl)C1. The molecule has 0 aromatic heterocycles. The summed E-state index contributed by atoms with van der Waals surface area (Å²) in [6.45, 7) is 0. The zero-order chi connectivity index (χ0) is 11.7. The molecule has 0 saturated heterocycles. The number of carbonyl (C=O) groups is 1. The van der Waals surface area contributed by atoms with Gasteiger partial charge in [0.2, 0.25) is 0 Å². The number of hydrogen-bond acceptors (Lipinski definition) is 2. The largest absolute Gasteiger partial charge is 0.300 e. The second kappa shape index (κ2) is 5.18. The Labute approximate surface area is 113 Å². The van der Waals surface area contributed by atoms with E-state index >= 15 is 0 Å². The zero-order valence-electron chi connectivity index (χ0n) is 8.30. The van der Waals surface area contributed by atoms with E-state index in [9.17, 15) is 4.79 Å². The molecule has 1 aliphatic rings. The zero-order valence-corrected chi connectivity index (χ0v) is 11.4. The molecule has 1 saturated carbocycles. The molecule has 0 bridgehead atoms. The molecule has 1 fully saturated rings. The van der Waals surface area contributed by atoms with Gasteiger partial charge in [-0.25, -0.2) is 0 Å². The van der Waals surface area contributed by atoms with Crippen molar-refractivity contribution in [2.75, 3.05) is 0 Å². The van der Waals surface area contributed by atoms with Crippen LogP contribution in [0.15, 0.2) is 17.0 Å². The van der Waals surface area contributed by atoms with Gasteiger partial charge in [-0.15, -0.1) is 11.8 Å². The van der Waals surface area contributed by atoms with Crippen LogP contribution in [0.25, 0.3) is 0 Å². The van der Waals surface area contributed by atoms with Crippen molar-refractivity contribution in [1.82, 2.24) is 0 Å². The van der Waals surface area contributed by atoms with Gasteiger partial charge in [-0.2, -0.15) is 0 Å². The number of halogens is 3. The van der Waals surface area contributed by atoms with Crippen molar-refractivity contribution in [2.24, 2.45) is 0 Å². The highest BCUT2D eigenvalue weighted by molar-refractivity contribution is 8.00. The Morgan fingerprint density at radius 2 is 1.81 bits per heavy atom. The van der Waals surface area contributed by atoms with Crippen LogP contribution < -0.4 is 0 Å². The van der Waals surface area contributed by atoms with Gasteiger partial charge in [-0.3, -0.25) is 4.79 Å². The molecule has 1 aromatic rings. The van der Waals surface area contributed by atoms with Crippen molar-refractivity contribution in [3.8, 4) is 0 Å². The predicted molar refractivity (Wildman–Crippen MR) is 70.0 cm³/mol. The quantitative estimate of drug-likeness (QED) is 0.725. The minimum absolute atomic E-state index is 0.322. The molecule has 0 radical (unpaired) electrons. The average molecular weight is 296 g/mol. The van der Waals surface area contributed by atoms with E-state index in [1.807, 2.05) is 0 Å². The molecule has 1 aromatic carbocycles. The highest BCUT2D eigenvalue weighted by Gasteiger charge is 2.23. The standard InChI is InChI=1S/C11H9Cl3OS/c12-8-4-10(14)11(5-9(8)13)16-7-2-1-6(15)3-7/h4-5,7H,1-3H2. The summed E-state index contributed by atoms with van der Waals surface area (Å²) in [7, 11) is 0. The highest BCUT2D eigenvalue weighted by atomic mass is 35.5. The number of Topliss-reactive ketones (excluding diaryl/α,β-unsaturated/α-hetero) is 1. The number of thioether (sulfide) groups is 1. The van der Waals surface area contributed by atoms with Gasteiger partial charge in [-0.05, 0) is 18.6 Å². The summed E-state index contributed by atoms with van der Waals surface area (Å²) in [5.74, 6) is 0.327. The second-order valence-electron chi connectivity index (χ2n) is 3.72. The summed E-state index contributed by atoms with van der Waals surface area (Å²) in [5.41, 5.74) is 0. The molecule has 5 heteroatoms. The van der Waals surface area contributed by atoms with Gasteiger partial charge >= 0.3 is 0 Å². The molecule has 1 atom stereocenters. The summed E-state index contributed by atoms with van der Waals surface area (Å²) in [4.78, 5) is 12.1. The van der Waals surface area contributed by atoms with Gasteiger partial charge in [-0.1, -0.05) is 34.8 Å². The van der Waals surface area contributed by atoms with E-state index in [1.54, 1.807) is 23.9 Å². The van der Waals surface area contributed by atoms with E-state index in [0.29, 0.717) is 38.9 Å². The minimum atomic E-state index is 0.322. The Kier molecular flexibility index (Phi) is 4.06. The maximum Gasteiger partial charge on any atom is 0.134 e. The molecule has 0 aliphatic heterocycles. The van der Waals surface area contributed by atoms with E-state index in [1.165, 1.54) is 0 Å². The molecule has 0 N–H and O–H groups in total. The smallest absolute Gasteiger partial charge is 0.134 e. The van der Waals surface area contributed by atoms with Gasteiger partial charge in [0.25, 0.3) is 0 Å².